The van der Waals surface area contributed by atoms with Crippen molar-refractivity contribution in [3.8, 4) is 11.6 Å². The van der Waals surface area contributed by atoms with Gasteiger partial charge in [-0.1, -0.05) is 25.1 Å². The molecule has 0 aliphatic rings. The van der Waals surface area contributed by atoms with Gasteiger partial charge in [0.25, 0.3) is 0 Å². The summed E-state index contributed by atoms with van der Waals surface area (Å²) in [4.78, 5) is 8.60. The van der Waals surface area contributed by atoms with Crippen LogP contribution in [-0.2, 0) is 0 Å². The molecule has 0 N–H and O–H groups in total. The van der Waals surface area contributed by atoms with E-state index in [-0.39, 0.29) is 0 Å². The molecule has 1 aromatic heterocycles. The maximum absolute atomic E-state index is 5.77. The van der Waals surface area contributed by atoms with E-state index in [1.807, 2.05) is 30.3 Å². The van der Waals surface area contributed by atoms with Gasteiger partial charge in [0.2, 0.25) is 5.88 Å². The first-order valence-electron chi connectivity index (χ1n) is 9.70. The number of ether oxygens (including phenoxy) is 1. The lowest BCUT2D eigenvalue weighted by molar-refractivity contribution is 0.386. The van der Waals surface area contributed by atoms with Gasteiger partial charge in [-0.2, -0.15) is 0 Å². The van der Waals surface area contributed by atoms with Crippen molar-refractivity contribution in [2.45, 2.75) is 19.3 Å². The van der Waals surface area contributed by atoms with E-state index in [2.05, 4.69) is 79.2 Å². The van der Waals surface area contributed by atoms with Gasteiger partial charge in [-0.25, -0.2) is 4.98 Å². The molecule has 4 nitrogen and oxygen atoms in total. The fraction of sp³-hybridized carbons (Fsp3) is 0.292. The standard InChI is InChI=1S/C24H29N3O/c1-19(16-18-26(2)3)20-8-10-21(11-9-20)27(4)22-12-14-23(15-13-22)28-24-7-5-6-17-25-24/h5-15,17,19H,16,18H2,1-4H3. The van der Waals surface area contributed by atoms with Gasteiger partial charge in [0.1, 0.15) is 5.75 Å². The summed E-state index contributed by atoms with van der Waals surface area (Å²) in [6, 6.07) is 22.6. The summed E-state index contributed by atoms with van der Waals surface area (Å²) >= 11 is 0. The fourth-order valence-electron chi connectivity index (χ4n) is 3.06. The molecular weight excluding hydrogens is 346 g/mol. The number of nitrogens with zero attached hydrogens (tertiary/aromatic N) is 3. The summed E-state index contributed by atoms with van der Waals surface area (Å²) in [5.41, 5.74) is 3.67. The highest BCUT2D eigenvalue weighted by atomic mass is 16.5. The van der Waals surface area contributed by atoms with Crippen LogP contribution in [0.25, 0.3) is 0 Å². The molecule has 0 aliphatic heterocycles. The predicted octanol–water partition coefficient (Wildman–Crippen LogP) is 5.70. The van der Waals surface area contributed by atoms with E-state index in [0.717, 1.165) is 18.0 Å². The normalized spacial score (nSPS) is 12.0. The second kappa shape index (κ2) is 9.38. The molecule has 1 unspecified atom stereocenters. The zero-order valence-electron chi connectivity index (χ0n) is 17.2. The molecule has 4 heteroatoms. The Balaban J connectivity index is 1.64. The highest BCUT2D eigenvalue weighted by Crippen LogP contribution is 2.29. The minimum Gasteiger partial charge on any atom is -0.439 e. The summed E-state index contributed by atoms with van der Waals surface area (Å²) < 4.78 is 5.77. The van der Waals surface area contributed by atoms with E-state index >= 15 is 0 Å². The average Bonchev–Trinajstić information content (AvgIpc) is 2.73. The third-order valence-electron chi connectivity index (χ3n) is 4.94. The summed E-state index contributed by atoms with van der Waals surface area (Å²) in [5, 5.41) is 0. The van der Waals surface area contributed by atoms with Crippen molar-refractivity contribution in [2.24, 2.45) is 0 Å². The highest BCUT2D eigenvalue weighted by molar-refractivity contribution is 5.63. The smallest absolute Gasteiger partial charge is 0.219 e. The van der Waals surface area contributed by atoms with Crippen LogP contribution in [0, 0.1) is 0 Å². The Labute approximate surface area is 168 Å². The molecule has 0 spiro atoms. The molecule has 3 aromatic rings. The average molecular weight is 376 g/mol. The number of hydrogen-bond acceptors (Lipinski definition) is 4. The Hall–Kier alpha value is -2.85. The van der Waals surface area contributed by atoms with Crippen LogP contribution in [0.4, 0.5) is 11.4 Å². The van der Waals surface area contributed by atoms with Crippen LogP contribution in [0.1, 0.15) is 24.8 Å². The minimum absolute atomic E-state index is 0.560. The zero-order valence-corrected chi connectivity index (χ0v) is 17.2. The maximum Gasteiger partial charge on any atom is 0.219 e. The lowest BCUT2D eigenvalue weighted by Crippen LogP contribution is -2.15. The van der Waals surface area contributed by atoms with Crippen molar-refractivity contribution in [3.63, 3.8) is 0 Å². The Morgan fingerprint density at radius 3 is 2.07 bits per heavy atom. The molecular formula is C24H29N3O. The number of hydrogen-bond donors (Lipinski definition) is 0. The van der Waals surface area contributed by atoms with Gasteiger partial charge >= 0.3 is 0 Å². The molecule has 1 atom stereocenters. The van der Waals surface area contributed by atoms with E-state index in [4.69, 9.17) is 4.74 Å². The van der Waals surface area contributed by atoms with Crippen molar-refractivity contribution < 1.29 is 4.74 Å². The number of benzene rings is 2. The number of pyridine rings is 1. The first kappa shape index (κ1) is 19.9. The quantitative estimate of drug-likeness (QED) is 0.505. The summed E-state index contributed by atoms with van der Waals surface area (Å²) in [6.45, 7) is 3.40. The van der Waals surface area contributed by atoms with Crippen LogP contribution in [0.5, 0.6) is 11.6 Å². The van der Waals surface area contributed by atoms with Gasteiger partial charge in [0, 0.05) is 30.7 Å². The summed E-state index contributed by atoms with van der Waals surface area (Å²) in [7, 11) is 6.33. The molecule has 0 fully saturated rings. The Bertz CT molecular complexity index is 845. The Morgan fingerprint density at radius 2 is 1.50 bits per heavy atom. The van der Waals surface area contributed by atoms with E-state index in [1.54, 1.807) is 6.20 Å². The Kier molecular flexibility index (Phi) is 6.66. The van der Waals surface area contributed by atoms with Crippen molar-refractivity contribution >= 4 is 11.4 Å². The third kappa shape index (κ3) is 5.33. The van der Waals surface area contributed by atoms with Crippen LogP contribution < -0.4 is 9.64 Å². The molecule has 28 heavy (non-hydrogen) atoms. The lowest BCUT2D eigenvalue weighted by Gasteiger charge is -2.21. The van der Waals surface area contributed by atoms with Crippen LogP contribution >= 0.6 is 0 Å². The monoisotopic (exact) mass is 375 g/mol. The van der Waals surface area contributed by atoms with E-state index in [1.165, 1.54) is 17.7 Å². The first-order chi connectivity index (χ1) is 13.5. The van der Waals surface area contributed by atoms with Gasteiger partial charge in [-0.15, -0.1) is 0 Å². The highest BCUT2D eigenvalue weighted by Gasteiger charge is 2.09. The summed E-state index contributed by atoms with van der Waals surface area (Å²) in [6.07, 6.45) is 2.89. The van der Waals surface area contributed by atoms with Gasteiger partial charge in [-0.3, -0.25) is 0 Å². The lowest BCUT2D eigenvalue weighted by atomic mass is 9.97. The van der Waals surface area contributed by atoms with E-state index in [0.29, 0.717) is 11.8 Å². The van der Waals surface area contributed by atoms with Crippen molar-refractivity contribution in [1.82, 2.24) is 9.88 Å². The van der Waals surface area contributed by atoms with Gasteiger partial charge in [-0.05, 0) is 81.0 Å². The van der Waals surface area contributed by atoms with Crippen LogP contribution in [-0.4, -0.2) is 37.6 Å². The number of aromatic nitrogens is 1. The van der Waals surface area contributed by atoms with E-state index < -0.39 is 0 Å². The molecule has 0 amide bonds. The van der Waals surface area contributed by atoms with Crippen LogP contribution in [0.15, 0.2) is 72.9 Å². The minimum atomic E-state index is 0.560. The van der Waals surface area contributed by atoms with Crippen molar-refractivity contribution in [3.05, 3.63) is 78.5 Å². The Morgan fingerprint density at radius 1 is 0.857 bits per heavy atom. The first-order valence-corrected chi connectivity index (χ1v) is 9.70. The molecule has 1 heterocycles. The molecule has 0 radical (unpaired) electrons. The van der Waals surface area contributed by atoms with Crippen LogP contribution in [0.2, 0.25) is 0 Å². The zero-order chi connectivity index (χ0) is 19.9. The molecule has 0 aliphatic carbocycles. The largest absolute Gasteiger partial charge is 0.439 e. The molecule has 146 valence electrons. The molecule has 2 aromatic carbocycles. The second-order valence-corrected chi connectivity index (χ2v) is 7.41. The SMILES string of the molecule is CC(CCN(C)C)c1ccc(N(C)c2ccc(Oc3ccccn3)cc2)cc1. The van der Waals surface area contributed by atoms with Gasteiger partial charge in [0.15, 0.2) is 0 Å². The molecule has 0 bridgehead atoms. The van der Waals surface area contributed by atoms with Gasteiger partial charge in [0.05, 0.1) is 0 Å². The number of rotatable bonds is 8. The molecule has 0 saturated heterocycles. The topological polar surface area (TPSA) is 28.6 Å². The molecule has 0 saturated carbocycles. The fourth-order valence-corrected chi connectivity index (χ4v) is 3.06. The van der Waals surface area contributed by atoms with Crippen molar-refractivity contribution in [1.29, 1.82) is 0 Å². The number of anilines is 2. The molecule has 3 rings (SSSR count). The third-order valence-corrected chi connectivity index (χ3v) is 4.94. The van der Waals surface area contributed by atoms with Crippen LogP contribution in [0.3, 0.4) is 0 Å². The van der Waals surface area contributed by atoms with E-state index in [9.17, 15) is 0 Å². The maximum atomic E-state index is 5.77. The summed E-state index contributed by atoms with van der Waals surface area (Å²) in [5.74, 6) is 1.94. The predicted molar refractivity (Wildman–Crippen MR) is 117 cm³/mol. The van der Waals surface area contributed by atoms with Gasteiger partial charge < -0.3 is 14.5 Å². The van der Waals surface area contributed by atoms with Crippen molar-refractivity contribution in [2.75, 3.05) is 32.6 Å². The second-order valence-electron chi connectivity index (χ2n) is 7.41.